The molecule has 0 aliphatic rings. The molecular formula is C13H30N2. The first-order valence-electron chi connectivity index (χ1n) is 6.55. The predicted molar refractivity (Wildman–Crippen MR) is 69.4 cm³/mol. The average Bonchev–Trinajstić information content (AvgIpc) is 2.26. The van der Waals surface area contributed by atoms with Gasteiger partial charge in [0.1, 0.15) is 0 Å². The summed E-state index contributed by atoms with van der Waals surface area (Å²) in [6, 6.07) is 0.558. The summed E-state index contributed by atoms with van der Waals surface area (Å²) in [4.78, 5) is 2.57. The largest absolute Gasteiger partial charge is 0.312 e. The maximum Gasteiger partial charge on any atom is 0.0328 e. The summed E-state index contributed by atoms with van der Waals surface area (Å²) >= 11 is 0. The first-order valence-corrected chi connectivity index (χ1v) is 6.55. The molecule has 0 saturated carbocycles. The van der Waals surface area contributed by atoms with Gasteiger partial charge in [-0.2, -0.15) is 0 Å². The fourth-order valence-electron chi connectivity index (χ4n) is 2.33. The third-order valence-corrected chi connectivity index (χ3v) is 3.84. The van der Waals surface area contributed by atoms with E-state index in [4.69, 9.17) is 0 Å². The normalized spacial score (nSPS) is 17.8. The van der Waals surface area contributed by atoms with Crippen molar-refractivity contribution in [3.8, 4) is 0 Å². The van der Waals surface area contributed by atoms with Gasteiger partial charge in [0.05, 0.1) is 0 Å². The van der Waals surface area contributed by atoms with Crippen LogP contribution in [0.25, 0.3) is 0 Å². The molecule has 15 heavy (non-hydrogen) atoms. The molecule has 0 heterocycles. The molecule has 0 saturated heterocycles. The molecule has 0 rings (SSSR count). The Morgan fingerprint density at radius 1 is 1.13 bits per heavy atom. The summed E-state index contributed by atoms with van der Waals surface area (Å²) in [6.07, 6.45) is 2.41. The van der Waals surface area contributed by atoms with Crippen molar-refractivity contribution in [3.63, 3.8) is 0 Å². The van der Waals surface area contributed by atoms with Gasteiger partial charge >= 0.3 is 0 Å². The molecular weight excluding hydrogens is 184 g/mol. The second kappa shape index (κ2) is 7.24. The number of nitrogens with one attached hydrogen (secondary N) is 1. The first kappa shape index (κ1) is 14.9. The van der Waals surface area contributed by atoms with E-state index < -0.39 is 0 Å². The molecule has 0 aromatic carbocycles. The van der Waals surface area contributed by atoms with E-state index in [-0.39, 0.29) is 0 Å². The average molecular weight is 214 g/mol. The van der Waals surface area contributed by atoms with Crippen LogP contribution in [-0.2, 0) is 0 Å². The highest BCUT2D eigenvalue weighted by molar-refractivity contribution is 4.93. The van der Waals surface area contributed by atoms with Crippen molar-refractivity contribution in [2.75, 3.05) is 19.6 Å². The van der Waals surface area contributed by atoms with Crippen LogP contribution in [0.1, 0.15) is 54.4 Å². The Bertz CT molecular complexity index is 155. The predicted octanol–water partition coefficient (Wildman–Crippen LogP) is 2.89. The van der Waals surface area contributed by atoms with Crippen LogP contribution >= 0.6 is 0 Å². The standard InChI is InChI=1S/C13H30N2/c1-7-11-14-12(5)13(6,8-2)15(9-3)10-4/h12,14H,7-11H2,1-6H3. The third-order valence-electron chi connectivity index (χ3n) is 3.84. The minimum Gasteiger partial charge on any atom is -0.312 e. The molecule has 0 amide bonds. The summed E-state index contributed by atoms with van der Waals surface area (Å²) < 4.78 is 0. The number of hydrogen-bond donors (Lipinski definition) is 1. The summed E-state index contributed by atoms with van der Waals surface area (Å²) in [5, 5.41) is 3.63. The minimum absolute atomic E-state index is 0.290. The van der Waals surface area contributed by atoms with Crippen molar-refractivity contribution in [1.82, 2.24) is 10.2 Å². The second-order valence-corrected chi connectivity index (χ2v) is 4.56. The van der Waals surface area contributed by atoms with E-state index in [0.29, 0.717) is 11.6 Å². The molecule has 0 fully saturated rings. The van der Waals surface area contributed by atoms with E-state index in [1.54, 1.807) is 0 Å². The van der Waals surface area contributed by atoms with Crippen LogP contribution in [0.4, 0.5) is 0 Å². The Morgan fingerprint density at radius 3 is 2.00 bits per heavy atom. The van der Waals surface area contributed by atoms with Gasteiger partial charge in [-0.05, 0) is 46.3 Å². The second-order valence-electron chi connectivity index (χ2n) is 4.56. The molecule has 0 aliphatic heterocycles. The van der Waals surface area contributed by atoms with Gasteiger partial charge in [0.15, 0.2) is 0 Å². The van der Waals surface area contributed by atoms with E-state index in [1.807, 2.05) is 0 Å². The van der Waals surface area contributed by atoms with Crippen LogP contribution < -0.4 is 5.32 Å². The van der Waals surface area contributed by atoms with Gasteiger partial charge < -0.3 is 5.32 Å². The van der Waals surface area contributed by atoms with Crippen LogP contribution in [0.15, 0.2) is 0 Å². The van der Waals surface area contributed by atoms with Crippen LogP contribution in [0.5, 0.6) is 0 Å². The highest BCUT2D eigenvalue weighted by Crippen LogP contribution is 2.23. The Kier molecular flexibility index (Phi) is 7.20. The lowest BCUT2D eigenvalue weighted by atomic mass is 9.88. The van der Waals surface area contributed by atoms with E-state index in [2.05, 4.69) is 51.8 Å². The molecule has 0 spiro atoms. The van der Waals surface area contributed by atoms with Crippen molar-refractivity contribution in [1.29, 1.82) is 0 Å². The van der Waals surface area contributed by atoms with Gasteiger partial charge in [0, 0.05) is 11.6 Å². The van der Waals surface area contributed by atoms with Crippen molar-refractivity contribution in [3.05, 3.63) is 0 Å². The van der Waals surface area contributed by atoms with Crippen molar-refractivity contribution in [2.24, 2.45) is 0 Å². The van der Waals surface area contributed by atoms with Crippen LogP contribution in [-0.4, -0.2) is 36.1 Å². The molecule has 0 bridgehead atoms. The molecule has 0 aliphatic carbocycles. The van der Waals surface area contributed by atoms with Gasteiger partial charge in [-0.15, -0.1) is 0 Å². The smallest absolute Gasteiger partial charge is 0.0328 e. The van der Waals surface area contributed by atoms with Gasteiger partial charge in [-0.3, -0.25) is 4.90 Å². The molecule has 0 aromatic rings. The Morgan fingerprint density at radius 2 is 1.67 bits per heavy atom. The Balaban J connectivity index is 4.50. The van der Waals surface area contributed by atoms with Gasteiger partial charge in [-0.1, -0.05) is 27.7 Å². The maximum absolute atomic E-state index is 3.63. The van der Waals surface area contributed by atoms with Crippen LogP contribution in [0.3, 0.4) is 0 Å². The highest BCUT2D eigenvalue weighted by atomic mass is 15.2. The lowest BCUT2D eigenvalue weighted by Crippen LogP contribution is -2.58. The summed E-state index contributed by atoms with van der Waals surface area (Å²) in [5.41, 5.74) is 0.290. The monoisotopic (exact) mass is 214 g/mol. The van der Waals surface area contributed by atoms with E-state index >= 15 is 0 Å². The molecule has 2 unspecified atom stereocenters. The zero-order chi connectivity index (χ0) is 11.9. The van der Waals surface area contributed by atoms with Gasteiger partial charge in [-0.25, -0.2) is 0 Å². The third kappa shape index (κ3) is 3.76. The number of rotatable bonds is 8. The zero-order valence-electron chi connectivity index (χ0n) is 11.6. The molecule has 1 N–H and O–H groups in total. The zero-order valence-corrected chi connectivity index (χ0v) is 11.6. The molecule has 92 valence electrons. The van der Waals surface area contributed by atoms with Crippen LogP contribution in [0, 0.1) is 0 Å². The van der Waals surface area contributed by atoms with Crippen LogP contribution in [0.2, 0.25) is 0 Å². The van der Waals surface area contributed by atoms with Crippen molar-refractivity contribution < 1.29 is 0 Å². The Labute approximate surface area is 96.4 Å². The Hall–Kier alpha value is -0.0800. The number of nitrogens with zero attached hydrogens (tertiary/aromatic N) is 1. The molecule has 2 nitrogen and oxygen atoms in total. The minimum atomic E-state index is 0.290. The van der Waals surface area contributed by atoms with Gasteiger partial charge in [0.2, 0.25) is 0 Å². The fraction of sp³-hybridized carbons (Fsp3) is 1.00. The lowest BCUT2D eigenvalue weighted by Gasteiger charge is -2.44. The summed E-state index contributed by atoms with van der Waals surface area (Å²) in [6.45, 7) is 17.1. The maximum atomic E-state index is 3.63. The highest BCUT2D eigenvalue weighted by Gasteiger charge is 2.33. The topological polar surface area (TPSA) is 15.3 Å². The lowest BCUT2D eigenvalue weighted by molar-refractivity contribution is 0.0768. The fourth-order valence-corrected chi connectivity index (χ4v) is 2.33. The van der Waals surface area contributed by atoms with Crippen molar-refractivity contribution in [2.45, 2.75) is 66.0 Å². The van der Waals surface area contributed by atoms with E-state index in [9.17, 15) is 0 Å². The summed E-state index contributed by atoms with van der Waals surface area (Å²) in [7, 11) is 0. The van der Waals surface area contributed by atoms with Crippen molar-refractivity contribution >= 4 is 0 Å². The molecule has 0 aromatic heterocycles. The molecule has 0 radical (unpaired) electrons. The van der Waals surface area contributed by atoms with E-state index in [1.165, 1.54) is 12.8 Å². The number of likely N-dealkylation sites (N-methyl/N-ethyl adjacent to an activating group) is 1. The molecule has 2 atom stereocenters. The SMILES string of the molecule is CCCNC(C)C(C)(CC)N(CC)CC. The first-order chi connectivity index (χ1) is 7.06. The summed E-state index contributed by atoms with van der Waals surface area (Å²) in [5.74, 6) is 0. The quantitative estimate of drug-likeness (QED) is 0.668. The molecule has 2 heteroatoms. The van der Waals surface area contributed by atoms with E-state index in [0.717, 1.165) is 19.6 Å². The number of hydrogen-bond acceptors (Lipinski definition) is 2. The van der Waals surface area contributed by atoms with Gasteiger partial charge in [0.25, 0.3) is 0 Å².